The molecule has 29 heavy (non-hydrogen) atoms. The molecule has 0 amide bonds. The standard InChI is InChI=1S/C24H49NO3S/c1-5-8-9-11-15-23(25(4)17-20-29-21-18-26)16-12-10-13-19-28-24(27)22(7-3)14-6-2/h22-23,26H,5-21H2,1-4H3. The Morgan fingerprint density at radius 3 is 2.21 bits per heavy atom. The van der Waals surface area contributed by atoms with Crippen molar-refractivity contribution in [3.05, 3.63) is 0 Å². The van der Waals surface area contributed by atoms with E-state index in [1.165, 1.54) is 44.9 Å². The SMILES string of the molecule is CCCCCCC(CCCCCOC(=O)C(CC)CCC)N(C)CCSCCO. The molecule has 0 aromatic rings. The Bertz CT molecular complexity index is 368. The molecule has 4 nitrogen and oxygen atoms in total. The van der Waals surface area contributed by atoms with Crippen molar-refractivity contribution >= 4 is 17.7 Å². The van der Waals surface area contributed by atoms with E-state index in [9.17, 15) is 4.79 Å². The third-order valence-electron chi connectivity index (χ3n) is 5.73. The highest BCUT2D eigenvalue weighted by molar-refractivity contribution is 7.99. The third kappa shape index (κ3) is 16.1. The number of thioether (sulfide) groups is 1. The van der Waals surface area contributed by atoms with Crippen LogP contribution in [0.4, 0.5) is 0 Å². The van der Waals surface area contributed by atoms with Gasteiger partial charge in [-0.3, -0.25) is 4.79 Å². The van der Waals surface area contributed by atoms with Gasteiger partial charge in [0.15, 0.2) is 0 Å². The molecule has 0 aromatic carbocycles. The van der Waals surface area contributed by atoms with Gasteiger partial charge in [0.25, 0.3) is 0 Å². The predicted molar refractivity (Wildman–Crippen MR) is 128 cm³/mol. The van der Waals surface area contributed by atoms with Crippen molar-refractivity contribution in [3.63, 3.8) is 0 Å². The summed E-state index contributed by atoms with van der Waals surface area (Å²) >= 11 is 1.84. The van der Waals surface area contributed by atoms with Gasteiger partial charge in [0, 0.05) is 24.1 Å². The zero-order valence-corrected chi connectivity index (χ0v) is 20.6. The normalized spacial score (nSPS) is 13.6. The molecular formula is C24H49NO3S. The van der Waals surface area contributed by atoms with Gasteiger partial charge in [-0.05, 0) is 39.2 Å². The van der Waals surface area contributed by atoms with Crippen LogP contribution in [0.15, 0.2) is 0 Å². The summed E-state index contributed by atoms with van der Waals surface area (Å²) in [6.07, 6.45) is 14.0. The fraction of sp³-hybridized carbons (Fsp3) is 0.958. The van der Waals surface area contributed by atoms with E-state index in [1.807, 2.05) is 11.8 Å². The molecule has 0 spiro atoms. The van der Waals surface area contributed by atoms with Crippen molar-refractivity contribution in [2.24, 2.45) is 5.92 Å². The lowest BCUT2D eigenvalue weighted by Gasteiger charge is -2.28. The van der Waals surface area contributed by atoms with Crippen LogP contribution in [-0.4, -0.2) is 60.3 Å². The molecule has 1 N–H and O–H groups in total. The molecule has 5 heteroatoms. The maximum atomic E-state index is 12.1. The van der Waals surface area contributed by atoms with Gasteiger partial charge in [-0.15, -0.1) is 0 Å². The molecule has 0 aliphatic rings. The predicted octanol–water partition coefficient (Wildman–Crippen LogP) is 5.91. The molecule has 174 valence electrons. The summed E-state index contributed by atoms with van der Waals surface area (Å²) in [5.41, 5.74) is 0. The van der Waals surface area contributed by atoms with Gasteiger partial charge >= 0.3 is 5.97 Å². The van der Waals surface area contributed by atoms with Gasteiger partial charge in [-0.2, -0.15) is 11.8 Å². The molecule has 0 bridgehead atoms. The second-order valence-electron chi connectivity index (χ2n) is 8.23. The van der Waals surface area contributed by atoms with Gasteiger partial charge in [-0.25, -0.2) is 0 Å². The highest BCUT2D eigenvalue weighted by Gasteiger charge is 2.17. The first-order valence-corrected chi connectivity index (χ1v) is 13.3. The molecule has 0 fully saturated rings. The van der Waals surface area contributed by atoms with Gasteiger partial charge < -0.3 is 14.7 Å². The van der Waals surface area contributed by atoms with Crippen LogP contribution in [0.2, 0.25) is 0 Å². The van der Waals surface area contributed by atoms with Crippen molar-refractivity contribution < 1.29 is 14.6 Å². The fourth-order valence-corrected chi connectivity index (χ4v) is 4.49. The number of aliphatic hydroxyl groups is 1. The van der Waals surface area contributed by atoms with Crippen LogP contribution in [-0.2, 0) is 9.53 Å². The smallest absolute Gasteiger partial charge is 0.308 e. The van der Waals surface area contributed by atoms with E-state index in [-0.39, 0.29) is 18.5 Å². The first-order chi connectivity index (χ1) is 14.1. The van der Waals surface area contributed by atoms with Crippen LogP contribution in [0.1, 0.15) is 97.8 Å². The molecule has 0 aliphatic carbocycles. The molecule has 0 aliphatic heterocycles. The third-order valence-corrected chi connectivity index (χ3v) is 6.67. The molecule has 0 radical (unpaired) electrons. The van der Waals surface area contributed by atoms with Crippen LogP contribution >= 0.6 is 11.8 Å². The summed E-state index contributed by atoms with van der Waals surface area (Å²) in [6.45, 7) is 8.40. The molecule has 0 heterocycles. The quantitative estimate of drug-likeness (QED) is 0.181. The zero-order valence-electron chi connectivity index (χ0n) is 19.8. The molecule has 2 unspecified atom stereocenters. The number of rotatable bonds is 21. The molecule has 0 saturated carbocycles. The van der Waals surface area contributed by atoms with Crippen LogP contribution in [0, 0.1) is 5.92 Å². The number of esters is 1. The van der Waals surface area contributed by atoms with Gasteiger partial charge in [0.1, 0.15) is 0 Å². The number of carbonyl (C=O) groups is 1. The maximum absolute atomic E-state index is 12.1. The summed E-state index contributed by atoms with van der Waals surface area (Å²) in [5.74, 6) is 2.02. The van der Waals surface area contributed by atoms with Crippen molar-refractivity contribution in [2.45, 2.75) is 104 Å². The van der Waals surface area contributed by atoms with Crippen LogP contribution in [0.3, 0.4) is 0 Å². The van der Waals surface area contributed by atoms with Crippen molar-refractivity contribution in [1.82, 2.24) is 4.90 Å². The summed E-state index contributed by atoms with van der Waals surface area (Å²) in [6, 6.07) is 0.651. The van der Waals surface area contributed by atoms with E-state index >= 15 is 0 Å². The number of nitrogens with zero attached hydrogens (tertiary/aromatic N) is 1. The van der Waals surface area contributed by atoms with E-state index in [0.717, 1.165) is 50.2 Å². The highest BCUT2D eigenvalue weighted by Crippen LogP contribution is 2.18. The summed E-state index contributed by atoms with van der Waals surface area (Å²) in [4.78, 5) is 14.6. The second-order valence-corrected chi connectivity index (χ2v) is 9.46. The largest absolute Gasteiger partial charge is 0.465 e. The topological polar surface area (TPSA) is 49.8 Å². The highest BCUT2D eigenvalue weighted by atomic mass is 32.2. The van der Waals surface area contributed by atoms with E-state index in [1.54, 1.807) is 0 Å². The number of carbonyl (C=O) groups excluding carboxylic acids is 1. The summed E-state index contributed by atoms with van der Waals surface area (Å²) in [7, 11) is 2.25. The first kappa shape index (κ1) is 28.7. The Balaban J connectivity index is 4.11. The number of aliphatic hydroxyl groups excluding tert-OH is 1. The van der Waals surface area contributed by atoms with E-state index in [2.05, 4.69) is 32.7 Å². The minimum absolute atomic E-state index is 0.00302. The molecule has 0 saturated heterocycles. The van der Waals surface area contributed by atoms with Crippen LogP contribution in [0.5, 0.6) is 0 Å². The number of ether oxygens (including phenoxy) is 1. The lowest BCUT2D eigenvalue weighted by molar-refractivity contribution is -0.149. The van der Waals surface area contributed by atoms with Gasteiger partial charge in [0.05, 0.1) is 19.1 Å². The molecular weight excluding hydrogens is 382 g/mol. The maximum Gasteiger partial charge on any atom is 0.308 e. The van der Waals surface area contributed by atoms with Crippen LogP contribution < -0.4 is 0 Å². The van der Waals surface area contributed by atoms with Crippen molar-refractivity contribution in [3.8, 4) is 0 Å². The fourth-order valence-electron chi connectivity index (χ4n) is 3.74. The number of hydrogen-bond donors (Lipinski definition) is 1. The lowest BCUT2D eigenvalue weighted by Crippen LogP contribution is -2.33. The second kappa shape index (κ2) is 21.0. The minimum atomic E-state index is 0.00302. The Morgan fingerprint density at radius 1 is 0.931 bits per heavy atom. The number of unbranched alkanes of at least 4 members (excludes halogenated alkanes) is 5. The average molecular weight is 432 g/mol. The summed E-state index contributed by atoms with van der Waals surface area (Å²) in [5, 5.41) is 8.93. The van der Waals surface area contributed by atoms with Crippen molar-refractivity contribution in [2.75, 3.05) is 38.3 Å². The van der Waals surface area contributed by atoms with Crippen LogP contribution in [0.25, 0.3) is 0 Å². The lowest BCUT2D eigenvalue weighted by atomic mass is 10.00. The Hall–Kier alpha value is -0.260. The van der Waals surface area contributed by atoms with Gasteiger partial charge in [-0.1, -0.05) is 65.7 Å². The monoisotopic (exact) mass is 431 g/mol. The number of hydrogen-bond acceptors (Lipinski definition) is 5. The van der Waals surface area contributed by atoms with Crippen molar-refractivity contribution in [1.29, 1.82) is 0 Å². The summed E-state index contributed by atoms with van der Waals surface area (Å²) < 4.78 is 5.50. The average Bonchev–Trinajstić information content (AvgIpc) is 2.72. The minimum Gasteiger partial charge on any atom is -0.465 e. The Morgan fingerprint density at radius 2 is 1.62 bits per heavy atom. The Labute approximate surface area is 185 Å². The zero-order chi connectivity index (χ0) is 21.7. The first-order valence-electron chi connectivity index (χ1n) is 12.2. The van der Waals surface area contributed by atoms with Gasteiger partial charge in [0.2, 0.25) is 0 Å². The van der Waals surface area contributed by atoms with E-state index in [4.69, 9.17) is 9.84 Å². The molecule has 2 atom stereocenters. The molecule has 0 aromatic heterocycles. The van der Waals surface area contributed by atoms with E-state index in [0.29, 0.717) is 12.6 Å². The Kier molecular flexibility index (Phi) is 20.8. The molecule has 0 rings (SSSR count). The van der Waals surface area contributed by atoms with E-state index < -0.39 is 0 Å².